The van der Waals surface area contributed by atoms with Crippen LogP contribution in [-0.2, 0) is 17.9 Å². The lowest BCUT2D eigenvalue weighted by molar-refractivity contribution is 0.181. The van der Waals surface area contributed by atoms with Crippen LogP contribution in [0.2, 0.25) is 0 Å². The predicted octanol–water partition coefficient (Wildman–Crippen LogP) is 2.07. The van der Waals surface area contributed by atoms with Crippen molar-refractivity contribution in [3.8, 4) is 5.69 Å². The molecule has 25 heavy (non-hydrogen) atoms. The van der Waals surface area contributed by atoms with Gasteiger partial charge in [-0.3, -0.25) is 0 Å². The zero-order valence-corrected chi connectivity index (χ0v) is 13.7. The molecule has 0 unspecified atom stereocenters. The first-order chi connectivity index (χ1) is 12.3. The van der Waals surface area contributed by atoms with Crippen molar-refractivity contribution in [2.45, 2.75) is 13.2 Å². The van der Waals surface area contributed by atoms with E-state index in [1.54, 1.807) is 17.8 Å². The molecule has 8 nitrogen and oxygen atoms in total. The summed E-state index contributed by atoms with van der Waals surface area (Å²) in [5.74, 6) is 2.21. The van der Waals surface area contributed by atoms with Crippen molar-refractivity contribution in [1.29, 1.82) is 0 Å². The summed E-state index contributed by atoms with van der Waals surface area (Å²) < 4.78 is 8.88. The maximum atomic E-state index is 5.17. The third-order valence-electron chi connectivity index (χ3n) is 3.78. The molecule has 3 heterocycles. The largest absolute Gasteiger partial charge is 0.378 e. The molecule has 0 aliphatic carbocycles. The van der Waals surface area contributed by atoms with Crippen LogP contribution in [0.25, 0.3) is 11.5 Å². The first-order valence-corrected chi connectivity index (χ1v) is 7.85. The molecule has 4 aromatic rings. The average molecular weight is 335 g/mol. The van der Waals surface area contributed by atoms with E-state index in [2.05, 4.69) is 25.4 Å². The van der Waals surface area contributed by atoms with E-state index in [4.69, 9.17) is 4.74 Å². The van der Waals surface area contributed by atoms with Crippen molar-refractivity contribution in [2.75, 3.05) is 12.4 Å². The number of nitrogens with zero attached hydrogens (tertiary/aromatic N) is 6. The van der Waals surface area contributed by atoms with Gasteiger partial charge in [-0.2, -0.15) is 14.6 Å². The minimum atomic E-state index is 0.413. The molecule has 0 bridgehead atoms. The molecule has 0 fully saturated rings. The molecule has 0 aliphatic rings. The van der Waals surface area contributed by atoms with E-state index in [-0.39, 0.29) is 0 Å². The van der Waals surface area contributed by atoms with Gasteiger partial charge in [0, 0.05) is 31.3 Å². The lowest BCUT2D eigenvalue weighted by atomic mass is 10.3. The van der Waals surface area contributed by atoms with E-state index < -0.39 is 0 Å². The number of imidazole rings is 1. The average Bonchev–Trinajstić information content (AvgIpc) is 3.30. The van der Waals surface area contributed by atoms with Crippen molar-refractivity contribution >= 4 is 11.6 Å². The normalized spacial score (nSPS) is 11.1. The van der Waals surface area contributed by atoms with Crippen LogP contribution in [0.5, 0.6) is 0 Å². The summed E-state index contributed by atoms with van der Waals surface area (Å²) in [4.78, 5) is 13.0. The van der Waals surface area contributed by atoms with E-state index in [1.807, 2.05) is 47.2 Å². The smallest absolute Gasteiger partial charge is 0.254 e. The number of anilines is 1. The number of methoxy groups -OCH3 is 1. The maximum Gasteiger partial charge on any atom is 0.254 e. The predicted molar refractivity (Wildman–Crippen MR) is 92.4 cm³/mol. The highest BCUT2D eigenvalue weighted by molar-refractivity contribution is 5.45. The van der Waals surface area contributed by atoms with Gasteiger partial charge in [-0.15, -0.1) is 0 Å². The Morgan fingerprint density at radius 3 is 2.88 bits per heavy atom. The molecule has 1 N–H and O–H groups in total. The standard InChI is InChI=1S/C17H17N7O/c1-25-11-13-9-15(24-17(22-13)20-12-21-24)19-10-16-18-7-8-23(16)14-5-3-2-4-6-14/h2-9,12,19H,10-11H2,1H3. The van der Waals surface area contributed by atoms with Crippen LogP contribution in [0.15, 0.2) is 55.1 Å². The van der Waals surface area contributed by atoms with Gasteiger partial charge >= 0.3 is 0 Å². The quantitative estimate of drug-likeness (QED) is 0.581. The number of benzene rings is 1. The van der Waals surface area contributed by atoms with Crippen molar-refractivity contribution in [3.63, 3.8) is 0 Å². The summed E-state index contributed by atoms with van der Waals surface area (Å²) in [5.41, 5.74) is 1.86. The van der Waals surface area contributed by atoms with Gasteiger partial charge in [-0.05, 0) is 12.1 Å². The summed E-state index contributed by atoms with van der Waals surface area (Å²) in [6, 6.07) is 12.0. The molecule has 0 radical (unpaired) electrons. The Balaban J connectivity index is 1.61. The second-order valence-corrected chi connectivity index (χ2v) is 5.44. The summed E-state index contributed by atoms with van der Waals surface area (Å²) in [7, 11) is 1.64. The van der Waals surface area contributed by atoms with Crippen LogP contribution in [0.1, 0.15) is 11.5 Å². The van der Waals surface area contributed by atoms with Crippen LogP contribution >= 0.6 is 0 Å². The van der Waals surface area contributed by atoms with Crippen LogP contribution in [-0.4, -0.2) is 36.2 Å². The molecule has 8 heteroatoms. The second-order valence-electron chi connectivity index (χ2n) is 5.44. The van der Waals surface area contributed by atoms with E-state index in [0.29, 0.717) is 18.9 Å². The molecule has 0 spiro atoms. The Bertz CT molecular complexity index is 977. The molecule has 4 rings (SSSR count). The molecule has 126 valence electrons. The van der Waals surface area contributed by atoms with Gasteiger partial charge < -0.3 is 14.6 Å². The molecule has 0 saturated heterocycles. The van der Waals surface area contributed by atoms with Crippen molar-refractivity contribution < 1.29 is 4.74 Å². The Morgan fingerprint density at radius 1 is 1.16 bits per heavy atom. The summed E-state index contributed by atoms with van der Waals surface area (Å²) >= 11 is 0. The lowest BCUT2D eigenvalue weighted by Gasteiger charge is -2.11. The highest BCUT2D eigenvalue weighted by Gasteiger charge is 2.10. The molecular weight excluding hydrogens is 318 g/mol. The van der Waals surface area contributed by atoms with Gasteiger partial charge in [0.15, 0.2) is 0 Å². The molecule has 0 aliphatic heterocycles. The number of para-hydroxylation sites is 1. The lowest BCUT2D eigenvalue weighted by Crippen LogP contribution is -2.11. The molecular formula is C17H17N7O. The van der Waals surface area contributed by atoms with E-state index in [9.17, 15) is 0 Å². The third kappa shape index (κ3) is 3.07. The van der Waals surface area contributed by atoms with Gasteiger partial charge in [-0.1, -0.05) is 18.2 Å². The zero-order chi connectivity index (χ0) is 17.1. The highest BCUT2D eigenvalue weighted by Crippen LogP contribution is 2.15. The zero-order valence-electron chi connectivity index (χ0n) is 13.7. The highest BCUT2D eigenvalue weighted by atomic mass is 16.5. The Hall–Kier alpha value is -3.26. The first kappa shape index (κ1) is 15.3. The fraction of sp³-hybridized carbons (Fsp3) is 0.176. The van der Waals surface area contributed by atoms with Gasteiger partial charge in [0.05, 0.1) is 18.8 Å². The van der Waals surface area contributed by atoms with E-state index >= 15 is 0 Å². The monoisotopic (exact) mass is 335 g/mol. The maximum absolute atomic E-state index is 5.17. The summed E-state index contributed by atoms with van der Waals surface area (Å²) in [5, 5.41) is 7.58. The number of nitrogens with one attached hydrogen (secondary N) is 1. The van der Waals surface area contributed by atoms with E-state index in [0.717, 1.165) is 23.0 Å². The molecule has 3 aromatic heterocycles. The second kappa shape index (κ2) is 6.70. The van der Waals surface area contributed by atoms with Gasteiger partial charge in [0.25, 0.3) is 5.78 Å². The molecule has 0 amide bonds. The number of ether oxygens (including phenoxy) is 1. The topological polar surface area (TPSA) is 82.2 Å². The van der Waals surface area contributed by atoms with Crippen LogP contribution in [0, 0.1) is 0 Å². The minimum Gasteiger partial charge on any atom is -0.378 e. The summed E-state index contributed by atoms with van der Waals surface area (Å²) in [6.07, 6.45) is 5.22. The van der Waals surface area contributed by atoms with Crippen LogP contribution in [0.4, 0.5) is 5.82 Å². The van der Waals surface area contributed by atoms with Gasteiger partial charge in [0.2, 0.25) is 0 Å². The molecule has 0 saturated carbocycles. The Morgan fingerprint density at radius 2 is 2.04 bits per heavy atom. The number of hydrogen-bond donors (Lipinski definition) is 1. The number of hydrogen-bond acceptors (Lipinski definition) is 6. The van der Waals surface area contributed by atoms with Crippen molar-refractivity contribution in [3.05, 3.63) is 66.6 Å². The SMILES string of the molecule is COCc1cc(NCc2nccn2-c2ccccc2)n2ncnc2n1. The van der Waals surface area contributed by atoms with Crippen LogP contribution in [0.3, 0.4) is 0 Å². The third-order valence-corrected chi connectivity index (χ3v) is 3.78. The van der Waals surface area contributed by atoms with Crippen molar-refractivity contribution in [1.82, 2.24) is 29.1 Å². The fourth-order valence-electron chi connectivity index (χ4n) is 2.67. The van der Waals surface area contributed by atoms with Gasteiger partial charge in [0.1, 0.15) is 18.0 Å². The Labute approximate surface area is 144 Å². The van der Waals surface area contributed by atoms with Crippen molar-refractivity contribution in [2.24, 2.45) is 0 Å². The van der Waals surface area contributed by atoms with Gasteiger partial charge in [-0.25, -0.2) is 9.97 Å². The summed E-state index contributed by atoms with van der Waals surface area (Å²) in [6.45, 7) is 0.948. The Kier molecular flexibility index (Phi) is 4.09. The number of fused-ring (bicyclic) bond motifs is 1. The van der Waals surface area contributed by atoms with Crippen LogP contribution < -0.4 is 5.32 Å². The fourth-order valence-corrected chi connectivity index (χ4v) is 2.67. The minimum absolute atomic E-state index is 0.413. The first-order valence-electron chi connectivity index (χ1n) is 7.85. The van der Waals surface area contributed by atoms with E-state index in [1.165, 1.54) is 6.33 Å². The molecule has 1 aromatic carbocycles. The number of rotatable bonds is 6. The number of aromatic nitrogens is 6. The molecule has 0 atom stereocenters.